The summed E-state index contributed by atoms with van der Waals surface area (Å²) in [6.07, 6.45) is 3.21. The largest absolute Gasteiger partial charge is 0.477 e. The molecule has 0 unspecified atom stereocenters. The zero-order valence-corrected chi connectivity index (χ0v) is 9.90. The van der Waals surface area contributed by atoms with E-state index in [0.717, 1.165) is 21.8 Å². The van der Waals surface area contributed by atoms with E-state index in [1.54, 1.807) is 12.3 Å². The minimum absolute atomic E-state index is 0.272. The van der Waals surface area contributed by atoms with Crippen molar-refractivity contribution in [2.45, 2.75) is 13.5 Å². The van der Waals surface area contributed by atoms with Crippen molar-refractivity contribution >= 4 is 17.3 Å². The highest BCUT2D eigenvalue weighted by Gasteiger charge is 2.07. The minimum Gasteiger partial charge on any atom is -0.477 e. The van der Waals surface area contributed by atoms with Crippen molar-refractivity contribution in [2.24, 2.45) is 0 Å². The first-order valence-corrected chi connectivity index (χ1v) is 5.73. The van der Waals surface area contributed by atoms with Crippen LogP contribution in [0, 0.1) is 6.92 Å². The van der Waals surface area contributed by atoms with Crippen molar-refractivity contribution in [1.82, 2.24) is 9.55 Å². The molecule has 2 heterocycles. The van der Waals surface area contributed by atoms with Crippen molar-refractivity contribution < 1.29 is 9.90 Å². The summed E-state index contributed by atoms with van der Waals surface area (Å²) < 4.78 is 1.47. The third kappa shape index (κ3) is 2.59. The molecule has 5 nitrogen and oxygen atoms in total. The molecule has 0 aliphatic carbocycles. The van der Waals surface area contributed by atoms with E-state index >= 15 is 0 Å². The Bertz CT molecular complexity index is 615. The molecule has 2 rings (SSSR count). The van der Waals surface area contributed by atoms with Crippen molar-refractivity contribution in [3.8, 4) is 0 Å². The molecule has 88 valence electrons. The van der Waals surface area contributed by atoms with E-state index in [1.807, 2.05) is 6.92 Å². The first-order valence-electron chi connectivity index (χ1n) is 4.91. The van der Waals surface area contributed by atoms with E-state index in [1.165, 1.54) is 16.8 Å². The van der Waals surface area contributed by atoms with E-state index in [2.05, 4.69) is 4.98 Å². The third-order valence-electron chi connectivity index (χ3n) is 2.18. The predicted molar refractivity (Wildman–Crippen MR) is 63.6 cm³/mol. The SMILES string of the molecule is Cc1cnc(=O)n(Cc2ccc(C(=O)O)s2)c1. The number of hydrogen-bond acceptors (Lipinski definition) is 4. The number of aryl methyl sites for hydroxylation is 1. The molecule has 0 aliphatic rings. The molecule has 6 heteroatoms. The first-order chi connectivity index (χ1) is 8.06. The highest BCUT2D eigenvalue weighted by molar-refractivity contribution is 7.13. The van der Waals surface area contributed by atoms with Crippen molar-refractivity contribution in [3.63, 3.8) is 0 Å². The maximum absolute atomic E-state index is 11.5. The Morgan fingerprint density at radius 3 is 2.94 bits per heavy atom. The molecule has 0 aromatic carbocycles. The lowest BCUT2D eigenvalue weighted by Gasteiger charge is -2.02. The molecule has 0 bridgehead atoms. The molecule has 1 N–H and O–H groups in total. The molecule has 0 amide bonds. The van der Waals surface area contributed by atoms with Gasteiger partial charge in [-0.15, -0.1) is 11.3 Å². The monoisotopic (exact) mass is 250 g/mol. The van der Waals surface area contributed by atoms with Gasteiger partial charge in [-0.3, -0.25) is 4.57 Å². The lowest BCUT2D eigenvalue weighted by atomic mass is 10.4. The number of aromatic carboxylic acids is 1. The van der Waals surface area contributed by atoms with Crippen LogP contribution in [0.15, 0.2) is 29.3 Å². The quantitative estimate of drug-likeness (QED) is 0.892. The van der Waals surface area contributed by atoms with E-state index in [4.69, 9.17) is 5.11 Å². The van der Waals surface area contributed by atoms with Crippen molar-refractivity contribution in [3.05, 3.63) is 50.3 Å². The van der Waals surface area contributed by atoms with Crippen molar-refractivity contribution in [1.29, 1.82) is 0 Å². The van der Waals surface area contributed by atoms with Crippen LogP contribution in [-0.4, -0.2) is 20.6 Å². The molecular formula is C11H10N2O3S. The van der Waals surface area contributed by atoms with Crippen LogP contribution in [0.3, 0.4) is 0 Å². The molecule has 0 aliphatic heterocycles. The summed E-state index contributed by atoms with van der Waals surface area (Å²) in [7, 11) is 0. The third-order valence-corrected chi connectivity index (χ3v) is 3.24. The Morgan fingerprint density at radius 1 is 1.53 bits per heavy atom. The van der Waals surface area contributed by atoms with Crippen LogP contribution >= 0.6 is 11.3 Å². The molecule has 17 heavy (non-hydrogen) atoms. The van der Waals surface area contributed by atoms with Gasteiger partial charge in [0.1, 0.15) is 4.88 Å². The second-order valence-corrected chi connectivity index (χ2v) is 4.78. The molecule has 0 saturated carbocycles. The Balaban J connectivity index is 2.28. The standard InChI is InChI=1S/C11H10N2O3S/c1-7-4-12-11(16)13(5-7)6-8-2-3-9(17-8)10(14)15/h2-5H,6H2,1H3,(H,14,15). The summed E-state index contributed by atoms with van der Waals surface area (Å²) in [5, 5.41) is 8.79. The number of thiophene rings is 1. The molecule has 2 aromatic heterocycles. The van der Waals surface area contributed by atoms with Crippen LogP contribution in [0.4, 0.5) is 0 Å². The van der Waals surface area contributed by atoms with Gasteiger partial charge < -0.3 is 5.11 Å². The van der Waals surface area contributed by atoms with Crippen LogP contribution in [-0.2, 0) is 6.54 Å². The van der Waals surface area contributed by atoms with E-state index < -0.39 is 5.97 Å². The maximum atomic E-state index is 11.5. The summed E-state index contributed by atoms with van der Waals surface area (Å²) in [4.78, 5) is 27.0. The van der Waals surface area contributed by atoms with Crippen LogP contribution in [0.2, 0.25) is 0 Å². The van der Waals surface area contributed by atoms with Crippen LogP contribution in [0.5, 0.6) is 0 Å². The van der Waals surface area contributed by atoms with E-state index in [0.29, 0.717) is 6.54 Å². The Kier molecular flexibility index (Phi) is 3.06. The Hall–Kier alpha value is -1.95. The Labute approximate surface area is 101 Å². The van der Waals surface area contributed by atoms with Gasteiger partial charge in [0.05, 0.1) is 6.54 Å². The van der Waals surface area contributed by atoms with Crippen LogP contribution in [0.1, 0.15) is 20.1 Å². The summed E-state index contributed by atoms with van der Waals surface area (Å²) >= 11 is 1.16. The van der Waals surface area contributed by atoms with Gasteiger partial charge in [0, 0.05) is 17.3 Å². The summed E-state index contributed by atoms with van der Waals surface area (Å²) in [6.45, 7) is 2.20. The molecule has 2 aromatic rings. The molecule has 0 saturated heterocycles. The number of nitrogens with zero attached hydrogens (tertiary/aromatic N) is 2. The van der Waals surface area contributed by atoms with Crippen molar-refractivity contribution in [2.75, 3.05) is 0 Å². The van der Waals surface area contributed by atoms with Gasteiger partial charge in [-0.1, -0.05) is 0 Å². The topological polar surface area (TPSA) is 72.2 Å². The first kappa shape index (κ1) is 11.5. The van der Waals surface area contributed by atoms with Crippen LogP contribution in [0.25, 0.3) is 0 Å². The van der Waals surface area contributed by atoms with Gasteiger partial charge in [-0.2, -0.15) is 0 Å². The summed E-state index contributed by atoms with van der Waals surface area (Å²) in [5.41, 5.74) is 0.556. The number of hydrogen-bond donors (Lipinski definition) is 1. The second kappa shape index (κ2) is 4.50. The zero-order chi connectivity index (χ0) is 12.4. The van der Waals surface area contributed by atoms with Gasteiger partial charge >= 0.3 is 11.7 Å². The number of carboxylic acid groups (broad SMARTS) is 1. The average Bonchev–Trinajstić information content (AvgIpc) is 2.72. The highest BCUT2D eigenvalue weighted by atomic mass is 32.1. The van der Waals surface area contributed by atoms with Gasteiger partial charge in [-0.25, -0.2) is 14.6 Å². The van der Waals surface area contributed by atoms with Gasteiger partial charge in [-0.05, 0) is 24.6 Å². The number of carboxylic acids is 1. The number of rotatable bonds is 3. The molecule has 0 atom stereocenters. The average molecular weight is 250 g/mol. The van der Waals surface area contributed by atoms with Crippen LogP contribution < -0.4 is 5.69 Å². The molecule has 0 radical (unpaired) electrons. The lowest BCUT2D eigenvalue weighted by molar-refractivity contribution is 0.0702. The normalized spacial score (nSPS) is 10.4. The number of carbonyl (C=O) groups is 1. The number of aromatic nitrogens is 2. The zero-order valence-electron chi connectivity index (χ0n) is 9.08. The second-order valence-electron chi connectivity index (χ2n) is 3.61. The summed E-state index contributed by atoms with van der Waals surface area (Å²) in [6, 6.07) is 3.25. The highest BCUT2D eigenvalue weighted by Crippen LogP contribution is 2.17. The minimum atomic E-state index is -0.948. The fourth-order valence-electron chi connectivity index (χ4n) is 1.42. The fraction of sp³-hybridized carbons (Fsp3) is 0.182. The van der Waals surface area contributed by atoms with Gasteiger partial charge in [0.25, 0.3) is 0 Å². The molecular weight excluding hydrogens is 240 g/mol. The molecule has 0 spiro atoms. The summed E-state index contributed by atoms with van der Waals surface area (Å²) in [5.74, 6) is -0.948. The lowest BCUT2D eigenvalue weighted by Crippen LogP contribution is -2.22. The molecule has 0 fully saturated rings. The van der Waals surface area contributed by atoms with E-state index in [-0.39, 0.29) is 10.6 Å². The maximum Gasteiger partial charge on any atom is 0.347 e. The van der Waals surface area contributed by atoms with Gasteiger partial charge in [0.15, 0.2) is 0 Å². The Morgan fingerprint density at radius 2 is 2.29 bits per heavy atom. The fourth-order valence-corrected chi connectivity index (χ4v) is 2.27. The van der Waals surface area contributed by atoms with E-state index in [9.17, 15) is 9.59 Å². The van der Waals surface area contributed by atoms with Gasteiger partial charge in [0.2, 0.25) is 0 Å². The predicted octanol–water partition coefficient (Wildman–Crippen LogP) is 1.36. The smallest absolute Gasteiger partial charge is 0.347 e.